The van der Waals surface area contributed by atoms with Crippen LogP contribution in [0.5, 0.6) is 11.5 Å². The molecular weight excluding hydrogens is 416 g/mol. The molecule has 1 N–H and O–H groups in total. The van der Waals surface area contributed by atoms with Crippen LogP contribution in [0.1, 0.15) is 10.4 Å². The highest BCUT2D eigenvalue weighted by molar-refractivity contribution is 9.10. The minimum absolute atomic E-state index is 0.0885. The van der Waals surface area contributed by atoms with Gasteiger partial charge in [-0.25, -0.2) is 4.98 Å². The maximum absolute atomic E-state index is 12.0. The first-order valence-electron chi connectivity index (χ1n) is 7.88. The van der Waals surface area contributed by atoms with Crippen molar-refractivity contribution in [2.24, 2.45) is 0 Å². The zero-order valence-electron chi connectivity index (χ0n) is 14.1. The average molecular weight is 433 g/mol. The molecule has 0 saturated carbocycles. The Hall–Kier alpha value is -2.38. The van der Waals surface area contributed by atoms with E-state index in [1.807, 2.05) is 18.2 Å². The van der Waals surface area contributed by atoms with Crippen molar-refractivity contribution < 1.29 is 14.3 Å². The van der Waals surface area contributed by atoms with Crippen molar-refractivity contribution in [3.05, 3.63) is 69.6 Å². The molecule has 0 aliphatic heterocycles. The van der Waals surface area contributed by atoms with E-state index in [1.165, 1.54) is 16.9 Å². The van der Waals surface area contributed by atoms with E-state index in [-0.39, 0.29) is 12.5 Å². The number of carbonyl (C=O) groups is 1. The summed E-state index contributed by atoms with van der Waals surface area (Å²) in [6.07, 6.45) is 2.56. The largest absolute Gasteiger partial charge is 0.497 e. The first kappa shape index (κ1) is 18.4. The van der Waals surface area contributed by atoms with E-state index in [9.17, 15) is 4.79 Å². The number of amides is 1. The molecule has 2 aromatic carbocycles. The minimum atomic E-state index is -0.252. The summed E-state index contributed by atoms with van der Waals surface area (Å²) < 4.78 is 11.7. The number of ether oxygens (including phenoxy) is 2. The summed E-state index contributed by atoms with van der Waals surface area (Å²) in [7, 11) is 1.58. The molecule has 1 aromatic heterocycles. The highest BCUT2D eigenvalue weighted by atomic mass is 79.9. The number of halogens is 1. The fraction of sp³-hybridized carbons (Fsp3) is 0.158. The summed E-state index contributed by atoms with van der Waals surface area (Å²) in [4.78, 5) is 17.4. The molecule has 1 amide bonds. The molecule has 0 aliphatic carbocycles. The number of hydrogen-bond acceptors (Lipinski definition) is 5. The molecule has 0 unspecified atom stereocenters. The highest BCUT2D eigenvalue weighted by Gasteiger charge is 2.08. The Kier molecular flexibility index (Phi) is 6.25. The van der Waals surface area contributed by atoms with Gasteiger partial charge in [-0.3, -0.25) is 10.1 Å². The molecule has 134 valence electrons. The maximum Gasteiger partial charge on any atom is 0.264 e. The Labute approximate surface area is 164 Å². The third-order valence-corrected chi connectivity index (χ3v) is 4.94. The van der Waals surface area contributed by atoms with Gasteiger partial charge in [0.2, 0.25) is 0 Å². The third-order valence-electron chi connectivity index (χ3n) is 3.50. The fourth-order valence-electron chi connectivity index (χ4n) is 2.25. The lowest BCUT2D eigenvalue weighted by atomic mass is 10.1. The molecule has 3 rings (SSSR count). The second-order valence-electron chi connectivity index (χ2n) is 5.45. The molecule has 5 nitrogen and oxygen atoms in total. The van der Waals surface area contributed by atoms with Crippen LogP contribution < -0.4 is 14.8 Å². The number of methoxy groups -OCH3 is 1. The molecule has 0 saturated heterocycles. The average Bonchev–Trinajstić information content (AvgIpc) is 3.09. The van der Waals surface area contributed by atoms with Crippen LogP contribution in [0.25, 0.3) is 0 Å². The minimum Gasteiger partial charge on any atom is -0.497 e. The van der Waals surface area contributed by atoms with Gasteiger partial charge < -0.3 is 9.47 Å². The highest BCUT2D eigenvalue weighted by Crippen LogP contribution is 2.22. The first-order chi connectivity index (χ1) is 12.6. The molecule has 1 heterocycles. The van der Waals surface area contributed by atoms with E-state index in [2.05, 4.69) is 38.4 Å². The quantitative estimate of drug-likeness (QED) is 0.595. The van der Waals surface area contributed by atoms with E-state index >= 15 is 0 Å². The molecule has 0 radical (unpaired) electrons. The number of anilines is 1. The van der Waals surface area contributed by atoms with Gasteiger partial charge in [-0.15, -0.1) is 11.3 Å². The molecule has 0 aliphatic rings. The van der Waals surface area contributed by atoms with Gasteiger partial charge in [-0.05, 0) is 29.8 Å². The Morgan fingerprint density at radius 1 is 1.19 bits per heavy atom. The zero-order chi connectivity index (χ0) is 18.4. The molecule has 0 fully saturated rings. The lowest BCUT2D eigenvalue weighted by Gasteiger charge is -2.07. The van der Waals surface area contributed by atoms with E-state index < -0.39 is 0 Å². The summed E-state index contributed by atoms with van der Waals surface area (Å²) in [5.74, 6) is 1.01. The van der Waals surface area contributed by atoms with Crippen LogP contribution in [0.2, 0.25) is 0 Å². The number of carbonyl (C=O) groups excluding carboxylic acids is 1. The predicted octanol–water partition coefficient (Wildman–Crippen LogP) is 4.52. The lowest BCUT2D eigenvalue weighted by Crippen LogP contribution is -2.19. The topological polar surface area (TPSA) is 60.5 Å². The summed E-state index contributed by atoms with van der Waals surface area (Å²) in [6.45, 7) is -0.0885. The van der Waals surface area contributed by atoms with Crippen LogP contribution in [0.4, 0.5) is 5.13 Å². The second-order valence-corrected chi connectivity index (χ2v) is 7.48. The summed E-state index contributed by atoms with van der Waals surface area (Å²) in [6, 6.07) is 15.3. The van der Waals surface area contributed by atoms with Gasteiger partial charge in [0.25, 0.3) is 5.91 Å². The van der Waals surface area contributed by atoms with Crippen LogP contribution in [-0.4, -0.2) is 24.6 Å². The van der Waals surface area contributed by atoms with Crippen molar-refractivity contribution in [3.63, 3.8) is 0 Å². The van der Waals surface area contributed by atoms with Crippen molar-refractivity contribution >= 4 is 38.3 Å². The fourth-order valence-corrected chi connectivity index (χ4v) is 3.37. The van der Waals surface area contributed by atoms with Gasteiger partial charge in [0.15, 0.2) is 11.7 Å². The summed E-state index contributed by atoms with van der Waals surface area (Å²) in [5.41, 5.74) is 1.19. The Balaban J connectivity index is 1.51. The number of nitrogens with zero attached hydrogens (tertiary/aromatic N) is 1. The summed E-state index contributed by atoms with van der Waals surface area (Å²) in [5, 5.41) is 3.33. The van der Waals surface area contributed by atoms with Crippen LogP contribution in [0.3, 0.4) is 0 Å². The van der Waals surface area contributed by atoms with Crippen molar-refractivity contribution in [2.75, 3.05) is 19.0 Å². The number of benzene rings is 2. The molecule has 7 heteroatoms. The maximum atomic E-state index is 12.0. The SMILES string of the molecule is COc1cccc(OCC(=O)Nc2ncc(Cc3ccc(Br)cc3)s2)c1. The van der Waals surface area contributed by atoms with Gasteiger partial charge in [-0.2, -0.15) is 0 Å². The van der Waals surface area contributed by atoms with Crippen LogP contribution in [-0.2, 0) is 11.2 Å². The van der Waals surface area contributed by atoms with Crippen molar-refractivity contribution in [3.8, 4) is 11.5 Å². The number of nitrogens with one attached hydrogen (secondary N) is 1. The number of thiazole rings is 1. The van der Waals surface area contributed by atoms with E-state index in [0.717, 1.165) is 15.8 Å². The standard InChI is InChI=1S/C19H17BrN2O3S/c1-24-15-3-2-4-16(10-15)25-12-18(23)22-19-21-11-17(26-19)9-13-5-7-14(20)8-6-13/h2-8,10-11H,9,12H2,1H3,(H,21,22,23). The monoisotopic (exact) mass is 432 g/mol. The van der Waals surface area contributed by atoms with Gasteiger partial charge in [0.05, 0.1) is 7.11 Å². The van der Waals surface area contributed by atoms with Crippen molar-refractivity contribution in [2.45, 2.75) is 6.42 Å². The Morgan fingerprint density at radius 2 is 1.96 bits per heavy atom. The van der Waals surface area contributed by atoms with Crippen molar-refractivity contribution in [1.29, 1.82) is 0 Å². The smallest absolute Gasteiger partial charge is 0.264 e. The number of hydrogen-bond donors (Lipinski definition) is 1. The van der Waals surface area contributed by atoms with E-state index in [1.54, 1.807) is 31.5 Å². The molecular formula is C19H17BrN2O3S. The zero-order valence-corrected chi connectivity index (χ0v) is 16.5. The van der Waals surface area contributed by atoms with Gasteiger partial charge >= 0.3 is 0 Å². The van der Waals surface area contributed by atoms with E-state index in [0.29, 0.717) is 16.6 Å². The summed E-state index contributed by atoms with van der Waals surface area (Å²) >= 11 is 4.88. The number of rotatable bonds is 7. The molecule has 3 aromatic rings. The van der Waals surface area contributed by atoms with Crippen LogP contribution in [0.15, 0.2) is 59.2 Å². The Bertz CT molecular complexity index is 881. The van der Waals surface area contributed by atoms with Crippen LogP contribution >= 0.6 is 27.3 Å². The number of aromatic nitrogens is 1. The Morgan fingerprint density at radius 3 is 2.73 bits per heavy atom. The van der Waals surface area contributed by atoms with Crippen molar-refractivity contribution in [1.82, 2.24) is 4.98 Å². The predicted molar refractivity (Wildman–Crippen MR) is 106 cm³/mol. The van der Waals surface area contributed by atoms with Gasteiger partial charge in [0, 0.05) is 28.0 Å². The normalized spacial score (nSPS) is 10.4. The van der Waals surface area contributed by atoms with Gasteiger partial charge in [0.1, 0.15) is 11.5 Å². The molecule has 26 heavy (non-hydrogen) atoms. The molecule has 0 spiro atoms. The first-order valence-corrected chi connectivity index (χ1v) is 9.49. The van der Waals surface area contributed by atoms with Gasteiger partial charge in [-0.1, -0.05) is 34.1 Å². The lowest BCUT2D eigenvalue weighted by molar-refractivity contribution is -0.118. The third kappa shape index (κ3) is 5.31. The van der Waals surface area contributed by atoms with E-state index in [4.69, 9.17) is 9.47 Å². The second kappa shape index (κ2) is 8.82. The molecule has 0 atom stereocenters. The van der Waals surface area contributed by atoms with Crippen LogP contribution in [0, 0.1) is 0 Å². The molecule has 0 bridgehead atoms.